The van der Waals surface area contributed by atoms with Crippen LogP contribution in [0.4, 0.5) is 11.6 Å². The molecule has 124 valence electrons. The van der Waals surface area contributed by atoms with Crippen LogP contribution in [-0.4, -0.2) is 43.3 Å². The first-order chi connectivity index (χ1) is 11.6. The maximum atomic E-state index is 9.40. The molecule has 1 saturated heterocycles. The third-order valence-electron chi connectivity index (χ3n) is 4.16. The van der Waals surface area contributed by atoms with Crippen molar-refractivity contribution >= 4 is 11.6 Å². The Morgan fingerprint density at radius 1 is 1.29 bits per heavy atom. The van der Waals surface area contributed by atoms with Crippen molar-refractivity contribution < 1.29 is 4.74 Å². The highest BCUT2D eigenvalue weighted by molar-refractivity contribution is 5.58. The van der Waals surface area contributed by atoms with E-state index >= 15 is 0 Å². The molecule has 0 bridgehead atoms. The molecule has 0 unspecified atom stereocenters. The molecule has 1 fully saturated rings. The first-order valence-corrected chi connectivity index (χ1v) is 7.99. The summed E-state index contributed by atoms with van der Waals surface area (Å²) in [5.41, 5.74) is 1.60. The van der Waals surface area contributed by atoms with Crippen LogP contribution in [0.15, 0.2) is 30.6 Å². The largest absolute Gasteiger partial charge is 0.485 e. The van der Waals surface area contributed by atoms with Gasteiger partial charge in [-0.1, -0.05) is 0 Å². The zero-order valence-electron chi connectivity index (χ0n) is 14.2. The fraction of sp³-hybridized carbons (Fsp3) is 0.389. The van der Waals surface area contributed by atoms with E-state index < -0.39 is 0 Å². The molecule has 1 aliphatic rings. The quantitative estimate of drug-likeness (QED) is 0.861. The first-order valence-electron chi connectivity index (χ1n) is 7.99. The van der Waals surface area contributed by atoms with Gasteiger partial charge in [0.05, 0.1) is 12.1 Å². The van der Waals surface area contributed by atoms with Crippen LogP contribution in [0.3, 0.4) is 0 Å². The Bertz CT molecular complexity index is 768. The monoisotopic (exact) mass is 323 g/mol. The minimum absolute atomic E-state index is 0.0572. The van der Waals surface area contributed by atoms with Gasteiger partial charge in [-0.05, 0) is 30.7 Å². The fourth-order valence-corrected chi connectivity index (χ4v) is 2.93. The van der Waals surface area contributed by atoms with Crippen molar-refractivity contribution in [3.63, 3.8) is 0 Å². The maximum absolute atomic E-state index is 9.40. The van der Waals surface area contributed by atoms with Gasteiger partial charge in [-0.2, -0.15) is 5.26 Å². The van der Waals surface area contributed by atoms with E-state index in [9.17, 15) is 5.26 Å². The average molecular weight is 323 g/mol. The van der Waals surface area contributed by atoms with E-state index in [4.69, 9.17) is 4.74 Å². The number of nitriles is 1. The lowest BCUT2D eigenvalue weighted by atomic mass is 10.1. The molecule has 3 heterocycles. The van der Waals surface area contributed by atoms with E-state index in [1.807, 2.05) is 44.1 Å². The number of aromatic nitrogens is 2. The Balaban J connectivity index is 1.76. The van der Waals surface area contributed by atoms with Crippen LogP contribution in [0.2, 0.25) is 0 Å². The molecule has 0 N–H and O–H groups in total. The number of pyridine rings is 2. The molecule has 0 radical (unpaired) electrons. The average Bonchev–Trinajstić information content (AvgIpc) is 3.03. The van der Waals surface area contributed by atoms with Crippen LogP contribution >= 0.6 is 0 Å². The number of anilines is 2. The third kappa shape index (κ3) is 3.11. The molecule has 6 heteroatoms. The number of aryl methyl sites for hydroxylation is 1. The highest BCUT2D eigenvalue weighted by atomic mass is 16.5. The normalized spacial score (nSPS) is 16.8. The number of rotatable bonds is 4. The summed E-state index contributed by atoms with van der Waals surface area (Å²) in [4.78, 5) is 12.8. The molecular weight excluding hydrogens is 302 g/mol. The van der Waals surface area contributed by atoms with Gasteiger partial charge in [0.25, 0.3) is 0 Å². The minimum atomic E-state index is 0.0572. The lowest BCUT2D eigenvalue weighted by molar-refractivity contribution is 0.225. The zero-order chi connectivity index (χ0) is 17.1. The summed E-state index contributed by atoms with van der Waals surface area (Å²) in [6.45, 7) is 3.48. The molecule has 0 spiro atoms. The van der Waals surface area contributed by atoms with Crippen LogP contribution in [0.1, 0.15) is 17.5 Å². The molecule has 0 saturated carbocycles. The Morgan fingerprint density at radius 2 is 2.12 bits per heavy atom. The van der Waals surface area contributed by atoms with Gasteiger partial charge >= 0.3 is 0 Å². The SMILES string of the molecule is Cc1ccnc(N2CC[C@H](Oc3cccnc3N(C)C)C2)c1C#N. The Morgan fingerprint density at radius 3 is 2.88 bits per heavy atom. The molecule has 3 rings (SSSR count). The lowest BCUT2D eigenvalue weighted by Crippen LogP contribution is -2.26. The zero-order valence-corrected chi connectivity index (χ0v) is 14.2. The van der Waals surface area contributed by atoms with Crippen molar-refractivity contribution in [3.8, 4) is 11.8 Å². The summed E-state index contributed by atoms with van der Waals surface area (Å²) in [7, 11) is 3.90. The molecule has 0 aliphatic carbocycles. The molecule has 1 aliphatic heterocycles. The van der Waals surface area contributed by atoms with Crippen molar-refractivity contribution in [3.05, 3.63) is 41.7 Å². The Hall–Kier alpha value is -2.81. The number of nitrogens with zero attached hydrogens (tertiary/aromatic N) is 5. The first kappa shape index (κ1) is 16.1. The molecule has 2 aromatic rings. The van der Waals surface area contributed by atoms with E-state index in [2.05, 4.69) is 20.9 Å². The van der Waals surface area contributed by atoms with Crippen molar-refractivity contribution in [1.29, 1.82) is 5.26 Å². The van der Waals surface area contributed by atoms with Gasteiger partial charge in [-0.15, -0.1) is 0 Å². The summed E-state index contributed by atoms with van der Waals surface area (Å²) in [5, 5.41) is 9.40. The second kappa shape index (κ2) is 6.75. The van der Waals surface area contributed by atoms with Crippen LogP contribution in [0, 0.1) is 18.3 Å². The van der Waals surface area contributed by atoms with Gasteiger partial charge in [0.1, 0.15) is 18.0 Å². The summed E-state index contributed by atoms with van der Waals surface area (Å²) < 4.78 is 6.17. The Kier molecular flexibility index (Phi) is 4.52. The molecular formula is C18H21N5O. The van der Waals surface area contributed by atoms with Crippen LogP contribution in [-0.2, 0) is 0 Å². The van der Waals surface area contributed by atoms with Crippen molar-refractivity contribution in [1.82, 2.24) is 9.97 Å². The van der Waals surface area contributed by atoms with Gasteiger partial charge in [0, 0.05) is 39.5 Å². The van der Waals surface area contributed by atoms with E-state index in [0.717, 1.165) is 35.9 Å². The molecule has 6 nitrogen and oxygen atoms in total. The minimum Gasteiger partial charge on any atom is -0.485 e. The third-order valence-corrected chi connectivity index (χ3v) is 4.16. The standard InChI is InChI=1S/C18H21N5O/c1-13-6-9-21-17(15(13)11-19)23-10-7-14(12-23)24-16-5-4-8-20-18(16)22(2)3/h4-6,8-9,14H,7,10,12H2,1-3H3/t14-/m0/s1. The fourth-order valence-electron chi connectivity index (χ4n) is 2.93. The van der Waals surface area contributed by atoms with Crippen molar-refractivity contribution in [2.45, 2.75) is 19.4 Å². The van der Waals surface area contributed by atoms with Gasteiger partial charge in [0.2, 0.25) is 0 Å². The predicted octanol–water partition coefficient (Wildman–Crippen LogP) is 2.38. The summed E-state index contributed by atoms with van der Waals surface area (Å²) in [5.74, 6) is 2.36. The van der Waals surface area contributed by atoms with E-state index in [1.54, 1.807) is 12.4 Å². The molecule has 0 aromatic carbocycles. The van der Waals surface area contributed by atoms with Gasteiger partial charge in [-0.25, -0.2) is 9.97 Å². The van der Waals surface area contributed by atoms with E-state index in [0.29, 0.717) is 12.1 Å². The molecule has 24 heavy (non-hydrogen) atoms. The van der Waals surface area contributed by atoms with Gasteiger partial charge in [-0.3, -0.25) is 0 Å². The molecule has 2 aromatic heterocycles. The second-order valence-corrected chi connectivity index (χ2v) is 6.13. The summed E-state index contributed by atoms with van der Waals surface area (Å²) in [6, 6.07) is 7.95. The lowest BCUT2D eigenvalue weighted by Gasteiger charge is -2.21. The van der Waals surface area contributed by atoms with Crippen LogP contribution < -0.4 is 14.5 Å². The van der Waals surface area contributed by atoms with E-state index in [1.165, 1.54) is 0 Å². The topological polar surface area (TPSA) is 65.3 Å². The molecule has 1 atom stereocenters. The van der Waals surface area contributed by atoms with Crippen molar-refractivity contribution in [2.75, 3.05) is 37.0 Å². The highest BCUT2D eigenvalue weighted by Crippen LogP contribution is 2.29. The smallest absolute Gasteiger partial charge is 0.170 e. The van der Waals surface area contributed by atoms with Gasteiger partial charge in [0.15, 0.2) is 11.6 Å². The Labute approximate surface area is 142 Å². The van der Waals surface area contributed by atoms with Gasteiger partial charge < -0.3 is 14.5 Å². The predicted molar refractivity (Wildman–Crippen MR) is 93.5 cm³/mol. The maximum Gasteiger partial charge on any atom is 0.170 e. The summed E-state index contributed by atoms with van der Waals surface area (Å²) >= 11 is 0. The number of ether oxygens (including phenoxy) is 1. The molecule has 0 amide bonds. The second-order valence-electron chi connectivity index (χ2n) is 6.13. The number of hydrogen-bond donors (Lipinski definition) is 0. The highest BCUT2D eigenvalue weighted by Gasteiger charge is 2.28. The van der Waals surface area contributed by atoms with Crippen LogP contribution in [0.25, 0.3) is 0 Å². The summed E-state index contributed by atoms with van der Waals surface area (Å²) in [6.07, 6.45) is 4.47. The number of hydrogen-bond acceptors (Lipinski definition) is 6. The van der Waals surface area contributed by atoms with Crippen molar-refractivity contribution in [2.24, 2.45) is 0 Å². The van der Waals surface area contributed by atoms with Crippen LogP contribution in [0.5, 0.6) is 5.75 Å². The van der Waals surface area contributed by atoms with E-state index in [-0.39, 0.29) is 6.10 Å².